The van der Waals surface area contributed by atoms with Crippen LogP contribution in [0.15, 0.2) is 10.7 Å². The Labute approximate surface area is 102 Å². The maximum Gasteiger partial charge on any atom is 0.224 e. The number of hydrogen-bond acceptors (Lipinski definition) is 5. The van der Waals surface area contributed by atoms with Crippen LogP contribution in [0.3, 0.4) is 0 Å². The number of aromatic nitrogens is 2. The molecule has 1 aromatic rings. The number of anilines is 2. The van der Waals surface area contributed by atoms with Crippen molar-refractivity contribution in [1.82, 2.24) is 9.97 Å². The molecule has 1 rings (SSSR count). The minimum absolute atomic E-state index is 0.0755. The Morgan fingerprint density at radius 2 is 2.38 bits per heavy atom. The molecule has 88 valence electrons. The van der Waals surface area contributed by atoms with Crippen molar-refractivity contribution < 1.29 is 4.79 Å². The number of hydrogen-bond donors (Lipinski definition) is 3. The first kappa shape index (κ1) is 12.7. The zero-order chi connectivity index (χ0) is 12.1. The van der Waals surface area contributed by atoms with Crippen LogP contribution >= 0.6 is 15.9 Å². The van der Waals surface area contributed by atoms with Crippen LogP contribution in [0.4, 0.5) is 11.8 Å². The minimum Gasteiger partial charge on any atom is -0.370 e. The smallest absolute Gasteiger partial charge is 0.224 e. The molecule has 1 amide bonds. The Balaban J connectivity index is 2.75. The van der Waals surface area contributed by atoms with E-state index in [1.807, 2.05) is 6.92 Å². The third-order valence-electron chi connectivity index (χ3n) is 1.86. The lowest BCUT2D eigenvalue weighted by molar-refractivity contribution is -0.118. The van der Waals surface area contributed by atoms with Crippen LogP contribution in [0.1, 0.15) is 13.3 Å². The Morgan fingerprint density at radius 3 is 2.94 bits per heavy atom. The average Bonchev–Trinajstić information content (AvgIpc) is 2.20. The van der Waals surface area contributed by atoms with Crippen molar-refractivity contribution in [3.63, 3.8) is 0 Å². The highest BCUT2D eigenvalue weighted by molar-refractivity contribution is 9.10. The number of halogens is 1. The molecule has 0 bridgehead atoms. The van der Waals surface area contributed by atoms with Gasteiger partial charge in [0.1, 0.15) is 5.82 Å². The van der Waals surface area contributed by atoms with Crippen LogP contribution in [-0.4, -0.2) is 29.0 Å². The monoisotopic (exact) mass is 287 g/mol. The largest absolute Gasteiger partial charge is 0.370 e. The van der Waals surface area contributed by atoms with E-state index in [-0.39, 0.29) is 18.4 Å². The van der Waals surface area contributed by atoms with Gasteiger partial charge in [0.2, 0.25) is 11.9 Å². The zero-order valence-electron chi connectivity index (χ0n) is 9.12. The van der Waals surface area contributed by atoms with Gasteiger partial charge in [0.05, 0.1) is 4.47 Å². The molecule has 16 heavy (non-hydrogen) atoms. The van der Waals surface area contributed by atoms with E-state index in [1.165, 1.54) is 0 Å². The lowest BCUT2D eigenvalue weighted by Crippen LogP contribution is -2.24. The van der Waals surface area contributed by atoms with Crippen LogP contribution in [0.5, 0.6) is 0 Å². The third-order valence-corrected chi connectivity index (χ3v) is 2.44. The van der Waals surface area contributed by atoms with Gasteiger partial charge < -0.3 is 16.4 Å². The molecule has 4 N–H and O–H groups in total. The standard InChI is InChI=1S/C9H14BrN5O/c1-5(3-7(11)16)14-8-6(10)4-13-9(12-2)15-8/h4-5H,3H2,1-2H3,(H2,11,16)(H2,12,13,14,15). The molecule has 6 nitrogen and oxygen atoms in total. The van der Waals surface area contributed by atoms with E-state index in [1.54, 1.807) is 13.2 Å². The summed E-state index contributed by atoms with van der Waals surface area (Å²) in [5.74, 6) is 0.795. The van der Waals surface area contributed by atoms with Gasteiger partial charge in [0, 0.05) is 25.7 Å². The second-order valence-corrected chi connectivity index (χ2v) is 4.21. The molecule has 1 heterocycles. The van der Waals surface area contributed by atoms with Gasteiger partial charge in [-0.15, -0.1) is 0 Å². The molecule has 7 heteroatoms. The van der Waals surface area contributed by atoms with Crippen molar-refractivity contribution in [2.75, 3.05) is 17.7 Å². The van der Waals surface area contributed by atoms with E-state index in [4.69, 9.17) is 5.73 Å². The molecule has 0 saturated carbocycles. The topological polar surface area (TPSA) is 92.9 Å². The van der Waals surface area contributed by atoms with Crippen molar-refractivity contribution in [2.45, 2.75) is 19.4 Å². The Bertz CT molecular complexity index is 384. The first-order chi connectivity index (χ1) is 7.52. The molecule has 1 unspecified atom stereocenters. The molecular formula is C9H14BrN5O. The predicted octanol–water partition coefficient (Wildman–Crippen LogP) is 0.957. The number of nitrogens with zero attached hydrogens (tertiary/aromatic N) is 2. The number of primary amides is 1. The van der Waals surface area contributed by atoms with Crippen LogP contribution in [0.2, 0.25) is 0 Å². The summed E-state index contributed by atoms with van der Waals surface area (Å²) in [6.07, 6.45) is 1.89. The lowest BCUT2D eigenvalue weighted by Gasteiger charge is -2.14. The maximum atomic E-state index is 10.7. The second-order valence-electron chi connectivity index (χ2n) is 3.36. The van der Waals surface area contributed by atoms with E-state index in [2.05, 4.69) is 36.5 Å². The van der Waals surface area contributed by atoms with Crippen molar-refractivity contribution in [3.8, 4) is 0 Å². The zero-order valence-corrected chi connectivity index (χ0v) is 10.7. The summed E-state index contributed by atoms with van der Waals surface area (Å²) in [6.45, 7) is 1.86. The fourth-order valence-electron chi connectivity index (χ4n) is 1.18. The minimum atomic E-state index is -0.348. The number of rotatable bonds is 5. The molecule has 0 saturated heterocycles. The highest BCUT2D eigenvalue weighted by atomic mass is 79.9. The molecule has 0 radical (unpaired) electrons. The molecule has 1 atom stereocenters. The summed E-state index contributed by atoms with van der Waals surface area (Å²) in [6, 6.07) is -0.0755. The van der Waals surface area contributed by atoms with Crippen LogP contribution in [-0.2, 0) is 4.79 Å². The summed E-state index contributed by atoms with van der Waals surface area (Å²) >= 11 is 3.32. The first-order valence-corrected chi connectivity index (χ1v) is 5.57. The quantitative estimate of drug-likeness (QED) is 0.750. The molecule has 0 aromatic carbocycles. The number of carbonyl (C=O) groups excluding carboxylic acids is 1. The van der Waals surface area contributed by atoms with Crippen LogP contribution in [0, 0.1) is 0 Å². The fraction of sp³-hybridized carbons (Fsp3) is 0.444. The number of nitrogens with two attached hydrogens (primary N) is 1. The van der Waals surface area contributed by atoms with E-state index in [0.29, 0.717) is 11.8 Å². The van der Waals surface area contributed by atoms with Crippen LogP contribution < -0.4 is 16.4 Å². The van der Waals surface area contributed by atoms with Gasteiger partial charge in [0.25, 0.3) is 0 Å². The lowest BCUT2D eigenvalue weighted by atomic mass is 10.2. The maximum absolute atomic E-state index is 10.7. The fourth-order valence-corrected chi connectivity index (χ4v) is 1.48. The van der Waals surface area contributed by atoms with Crippen molar-refractivity contribution in [3.05, 3.63) is 10.7 Å². The van der Waals surface area contributed by atoms with E-state index in [0.717, 1.165) is 4.47 Å². The summed E-state index contributed by atoms with van der Waals surface area (Å²) < 4.78 is 0.739. The Morgan fingerprint density at radius 1 is 1.69 bits per heavy atom. The van der Waals surface area contributed by atoms with Gasteiger partial charge in [-0.2, -0.15) is 4.98 Å². The molecule has 0 spiro atoms. The van der Waals surface area contributed by atoms with Crippen molar-refractivity contribution >= 4 is 33.6 Å². The van der Waals surface area contributed by atoms with Gasteiger partial charge >= 0.3 is 0 Å². The molecule has 1 aromatic heterocycles. The number of carbonyl (C=O) groups is 1. The average molecular weight is 288 g/mol. The number of amides is 1. The predicted molar refractivity (Wildman–Crippen MR) is 66.2 cm³/mol. The third kappa shape index (κ3) is 3.65. The normalized spacial score (nSPS) is 11.9. The van der Waals surface area contributed by atoms with Gasteiger partial charge in [-0.05, 0) is 22.9 Å². The highest BCUT2D eigenvalue weighted by Gasteiger charge is 2.10. The Kier molecular flexibility index (Phi) is 4.48. The molecule has 0 fully saturated rings. The second kappa shape index (κ2) is 5.64. The summed E-state index contributed by atoms with van der Waals surface area (Å²) in [7, 11) is 1.74. The van der Waals surface area contributed by atoms with Crippen molar-refractivity contribution in [1.29, 1.82) is 0 Å². The highest BCUT2D eigenvalue weighted by Crippen LogP contribution is 2.20. The summed E-state index contributed by atoms with van der Waals surface area (Å²) in [5.41, 5.74) is 5.11. The van der Waals surface area contributed by atoms with E-state index in [9.17, 15) is 4.79 Å². The van der Waals surface area contributed by atoms with Gasteiger partial charge in [-0.3, -0.25) is 4.79 Å². The first-order valence-electron chi connectivity index (χ1n) is 4.78. The van der Waals surface area contributed by atoms with E-state index < -0.39 is 0 Å². The Hall–Kier alpha value is -1.37. The number of nitrogens with one attached hydrogen (secondary N) is 2. The molecular weight excluding hydrogens is 274 g/mol. The van der Waals surface area contributed by atoms with Gasteiger partial charge in [-0.1, -0.05) is 0 Å². The van der Waals surface area contributed by atoms with Gasteiger partial charge in [-0.25, -0.2) is 4.98 Å². The SMILES string of the molecule is CNc1ncc(Br)c(NC(C)CC(N)=O)n1. The summed E-state index contributed by atoms with van der Waals surface area (Å²) in [4.78, 5) is 19.0. The molecule has 0 aliphatic heterocycles. The van der Waals surface area contributed by atoms with Gasteiger partial charge in [0.15, 0.2) is 0 Å². The molecule has 0 aliphatic carbocycles. The molecule has 0 aliphatic rings. The van der Waals surface area contributed by atoms with Crippen molar-refractivity contribution in [2.24, 2.45) is 5.73 Å². The summed E-state index contributed by atoms with van der Waals surface area (Å²) in [5, 5.41) is 5.91. The van der Waals surface area contributed by atoms with E-state index >= 15 is 0 Å². The van der Waals surface area contributed by atoms with Crippen LogP contribution in [0.25, 0.3) is 0 Å².